The topological polar surface area (TPSA) is 26.0 Å². The van der Waals surface area contributed by atoms with Gasteiger partial charge in [-0.15, -0.1) is 0 Å². The highest BCUT2D eigenvalue weighted by Gasteiger charge is 2.24. The van der Waals surface area contributed by atoms with Gasteiger partial charge in [0.25, 0.3) is 0 Å². The Hall–Kier alpha value is -0.530. The molecule has 1 aliphatic rings. The minimum Gasteiger partial charge on any atom is -0.324 e. The van der Waals surface area contributed by atoms with Crippen molar-refractivity contribution in [1.29, 1.82) is 0 Å². The SMILES string of the molecule is N[C@@H](CC1CC1)c1ccc(Cl)cc1. The fourth-order valence-corrected chi connectivity index (χ4v) is 1.68. The second-order valence-corrected chi connectivity index (χ2v) is 4.27. The lowest BCUT2D eigenvalue weighted by atomic mass is 10.0. The molecular weight excluding hydrogens is 182 g/mol. The van der Waals surface area contributed by atoms with E-state index in [9.17, 15) is 0 Å². The minimum atomic E-state index is 0.199. The Balaban J connectivity index is 2.01. The third kappa shape index (κ3) is 2.45. The molecule has 0 spiro atoms. The molecule has 0 aliphatic heterocycles. The van der Waals surface area contributed by atoms with Crippen LogP contribution in [0.25, 0.3) is 0 Å². The van der Waals surface area contributed by atoms with E-state index in [1.807, 2.05) is 24.3 Å². The molecular formula is C11H14ClN. The monoisotopic (exact) mass is 195 g/mol. The number of hydrogen-bond acceptors (Lipinski definition) is 1. The maximum atomic E-state index is 6.04. The summed E-state index contributed by atoms with van der Waals surface area (Å²) in [4.78, 5) is 0. The molecule has 70 valence electrons. The first-order chi connectivity index (χ1) is 6.25. The van der Waals surface area contributed by atoms with Crippen LogP contribution in [-0.4, -0.2) is 0 Å². The Labute approximate surface area is 83.9 Å². The van der Waals surface area contributed by atoms with Crippen molar-refractivity contribution in [2.24, 2.45) is 11.7 Å². The first kappa shape index (κ1) is 9.04. The highest BCUT2D eigenvalue weighted by Crippen LogP contribution is 2.36. The molecule has 1 saturated carbocycles. The molecule has 0 radical (unpaired) electrons. The van der Waals surface area contributed by atoms with Crippen LogP contribution in [0.2, 0.25) is 5.02 Å². The van der Waals surface area contributed by atoms with E-state index in [-0.39, 0.29) is 6.04 Å². The van der Waals surface area contributed by atoms with Gasteiger partial charge in [-0.3, -0.25) is 0 Å². The molecule has 1 atom stereocenters. The lowest BCUT2D eigenvalue weighted by Gasteiger charge is -2.10. The lowest BCUT2D eigenvalue weighted by Crippen LogP contribution is -2.10. The van der Waals surface area contributed by atoms with Crippen LogP contribution in [0.5, 0.6) is 0 Å². The van der Waals surface area contributed by atoms with Crippen molar-refractivity contribution in [3.8, 4) is 0 Å². The van der Waals surface area contributed by atoms with Crippen molar-refractivity contribution in [3.05, 3.63) is 34.9 Å². The fourth-order valence-electron chi connectivity index (χ4n) is 1.56. The van der Waals surface area contributed by atoms with Crippen LogP contribution in [0, 0.1) is 5.92 Å². The molecule has 0 bridgehead atoms. The molecule has 1 aliphatic carbocycles. The maximum Gasteiger partial charge on any atom is 0.0406 e. The van der Waals surface area contributed by atoms with Gasteiger partial charge in [-0.2, -0.15) is 0 Å². The average molecular weight is 196 g/mol. The van der Waals surface area contributed by atoms with Gasteiger partial charge in [-0.25, -0.2) is 0 Å². The van der Waals surface area contributed by atoms with E-state index in [1.54, 1.807) is 0 Å². The van der Waals surface area contributed by atoms with Crippen molar-refractivity contribution in [2.75, 3.05) is 0 Å². The summed E-state index contributed by atoms with van der Waals surface area (Å²) in [6.45, 7) is 0. The molecule has 0 amide bonds. The molecule has 2 heteroatoms. The summed E-state index contributed by atoms with van der Waals surface area (Å²) in [7, 11) is 0. The Bertz CT molecular complexity index is 277. The van der Waals surface area contributed by atoms with Gasteiger partial charge < -0.3 is 5.73 Å². The fraction of sp³-hybridized carbons (Fsp3) is 0.455. The van der Waals surface area contributed by atoms with E-state index in [1.165, 1.54) is 18.4 Å². The minimum absolute atomic E-state index is 0.199. The molecule has 1 aromatic carbocycles. The second kappa shape index (κ2) is 3.69. The van der Waals surface area contributed by atoms with Gasteiger partial charge in [0.15, 0.2) is 0 Å². The normalized spacial score (nSPS) is 18.6. The number of hydrogen-bond donors (Lipinski definition) is 1. The van der Waals surface area contributed by atoms with Crippen LogP contribution in [0.15, 0.2) is 24.3 Å². The second-order valence-electron chi connectivity index (χ2n) is 3.84. The van der Waals surface area contributed by atoms with Crippen molar-refractivity contribution < 1.29 is 0 Å². The molecule has 2 N–H and O–H groups in total. The molecule has 0 unspecified atom stereocenters. The Morgan fingerprint density at radius 2 is 1.92 bits per heavy atom. The van der Waals surface area contributed by atoms with Gasteiger partial charge in [0.2, 0.25) is 0 Å². The van der Waals surface area contributed by atoms with E-state index in [0.29, 0.717) is 0 Å². The Morgan fingerprint density at radius 1 is 1.31 bits per heavy atom. The van der Waals surface area contributed by atoms with E-state index in [0.717, 1.165) is 17.4 Å². The highest BCUT2D eigenvalue weighted by molar-refractivity contribution is 6.30. The molecule has 13 heavy (non-hydrogen) atoms. The number of halogens is 1. The van der Waals surface area contributed by atoms with E-state index < -0.39 is 0 Å². The zero-order chi connectivity index (χ0) is 9.26. The summed E-state index contributed by atoms with van der Waals surface area (Å²) in [6.07, 6.45) is 3.85. The molecule has 0 heterocycles. The smallest absolute Gasteiger partial charge is 0.0406 e. The van der Waals surface area contributed by atoms with Gasteiger partial charge in [0, 0.05) is 11.1 Å². The predicted octanol–water partition coefficient (Wildman–Crippen LogP) is 3.14. The zero-order valence-corrected chi connectivity index (χ0v) is 8.30. The molecule has 1 nitrogen and oxygen atoms in total. The third-order valence-electron chi connectivity index (χ3n) is 2.58. The number of benzene rings is 1. The first-order valence-corrected chi connectivity index (χ1v) is 5.14. The van der Waals surface area contributed by atoms with E-state index in [4.69, 9.17) is 17.3 Å². The Morgan fingerprint density at radius 3 is 2.46 bits per heavy atom. The first-order valence-electron chi connectivity index (χ1n) is 4.77. The quantitative estimate of drug-likeness (QED) is 0.788. The summed E-state index contributed by atoms with van der Waals surface area (Å²) >= 11 is 5.79. The highest BCUT2D eigenvalue weighted by atomic mass is 35.5. The van der Waals surface area contributed by atoms with Crippen LogP contribution in [0.1, 0.15) is 30.9 Å². The van der Waals surface area contributed by atoms with Crippen LogP contribution in [-0.2, 0) is 0 Å². The zero-order valence-electron chi connectivity index (χ0n) is 7.54. The van der Waals surface area contributed by atoms with Crippen LogP contribution >= 0.6 is 11.6 Å². The van der Waals surface area contributed by atoms with E-state index in [2.05, 4.69) is 0 Å². The van der Waals surface area contributed by atoms with Crippen molar-refractivity contribution in [1.82, 2.24) is 0 Å². The summed E-state index contributed by atoms with van der Waals surface area (Å²) in [6, 6.07) is 8.06. The summed E-state index contributed by atoms with van der Waals surface area (Å²) < 4.78 is 0. The molecule has 1 fully saturated rings. The van der Waals surface area contributed by atoms with Gasteiger partial charge in [0.1, 0.15) is 0 Å². The van der Waals surface area contributed by atoms with Gasteiger partial charge in [0.05, 0.1) is 0 Å². The van der Waals surface area contributed by atoms with E-state index >= 15 is 0 Å². The van der Waals surface area contributed by atoms with Crippen molar-refractivity contribution >= 4 is 11.6 Å². The maximum absolute atomic E-state index is 6.04. The largest absolute Gasteiger partial charge is 0.324 e. The standard InChI is InChI=1S/C11H14ClN/c12-10-5-3-9(4-6-10)11(13)7-8-1-2-8/h3-6,8,11H,1-2,7,13H2/t11-/m0/s1. The molecule has 1 aromatic rings. The predicted molar refractivity (Wildman–Crippen MR) is 55.7 cm³/mol. The molecule has 0 saturated heterocycles. The average Bonchev–Trinajstić information content (AvgIpc) is 2.89. The van der Waals surface area contributed by atoms with Crippen LogP contribution in [0.3, 0.4) is 0 Å². The summed E-state index contributed by atoms with van der Waals surface area (Å²) in [5.41, 5.74) is 7.25. The van der Waals surface area contributed by atoms with Crippen LogP contribution in [0.4, 0.5) is 0 Å². The third-order valence-corrected chi connectivity index (χ3v) is 2.83. The summed E-state index contributed by atoms with van der Waals surface area (Å²) in [5, 5.41) is 0.780. The van der Waals surface area contributed by atoms with Gasteiger partial charge in [-0.1, -0.05) is 36.6 Å². The van der Waals surface area contributed by atoms with Crippen LogP contribution < -0.4 is 5.73 Å². The number of nitrogens with two attached hydrogens (primary N) is 1. The van der Waals surface area contributed by atoms with Crippen molar-refractivity contribution in [3.63, 3.8) is 0 Å². The number of rotatable bonds is 3. The van der Waals surface area contributed by atoms with Crippen molar-refractivity contribution in [2.45, 2.75) is 25.3 Å². The van der Waals surface area contributed by atoms with Gasteiger partial charge in [-0.05, 0) is 30.0 Å². The Kier molecular flexibility index (Phi) is 2.56. The molecule has 0 aromatic heterocycles. The van der Waals surface area contributed by atoms with Gasteiger partial charge >= 0.3 is 0 Å². The molecule has 2 rings (SSSR count). The summed E-state index contributed by atoms with van der Waals surface area (Å²) in [5.74, 6) is 0.880. The lowest BCUT2D eigenvalue weighted by molar-refractivity contribution is 0.597.